The third-order valence-corrected chi connectivity index (χ3v) is 5.27. The summed E-state index contributed by atoms with van der Waals surface area (Å²) in [5.41, 5.74) is 2.87. The Morgan fingerprint density at radius 3 is 2.76 bits per heavy atom. The zero-order valence-corrected chi connectivity index (χ0v) is 16.8. The van der Waals surface area contributed by atoms with Crippen LogP contribution in [0.3, 0.4) is 0 Å². The smallest absolute Gasteiger partial charge is 0.228 e. The van der Waals surface area contributed by atoms with Crippen molar-refractivity contribution in [2.24, 2.45) is 0 Å². The molecular formula is C22H20FN3O2S. The van der Waals surface area contributed by atoms with E-state index in [1.54, 1.807) is 36.3 Å². The van der Waals surface area contributed by atoms with Gasteiger partial charge >= 0.3 is 0 Å². The molecule has 0 saturated carbocycles. The third-order valence-electron chi connectivity index (χ3n) is 4.33. The number of nitrogens with zero attached hydrogens (tertiary/aromatic N) is 3. The predicted octanol–water partition coefficient (Wildman–Crippen LogP) is 4.04. The molecule has 1 heterocycles. The molecule has 0 N–H and O–H groups in total. The van der Waals surface area contributed by atoms with Gasteiger partial charge in [0.25, 0.3) is 0 Å². The number of carbonyl (C=O) groups is 1. The Hall–Kier alpha value is -3.08. The van der Waals surface area contributed by atoms with E-state index in [1.165, 1.54) is 23.5 Å². The molecule has 1 amide bonds. The Balaban J connectivity index is 1.70. The molecule has 0 unspecified atom stereocenters. The van der Waals surface area contributed by atoms with E-state index in [2.05, 4.69) is 11.1 Å². The zero-order chi connectivity index (χ0) is 20.6. The van der Waals surface area contributed by atoms with E-state index in [0.717, 1.165) is 5.56 Å². The van der Waals surface area contributed by atoms with Gasteiger partial charge < -0.3 is 9.64 Å². The third kappa shape index (κ3) is 5.70. The number of methoxy groups -OCH3 is 1. The van der Waals surface area contributed by atoms with E-state index in [4.69, 9.17) is 10.00 Å². The molecule has 148 valence electrons. The first kappa shape index (κ1) is 20.6. The Morgan fingerprint density at radius 2 is 2.07 bits per heavy atom. The van der Waals surface area contributed by atoms with Crippen molar-refractivity contribution in [3.8, 4) is 16.6 Å². The van der Waals surface area contributed by atoms with Crippen LogP contribution in [0.2, 0.25) is 0 Å². The molecular weight excluding hydrogens is 389 g/mol. The van der Waals surface area contributed by atoms with Gasteiger partial charge in [-0.15, -0.1) is 11.3 Å². The minimum absolute atomic E-state index is 0.0671. The van der Waals surface area contributed by atoms with Crippen molar-refractivity contribution in [1.82, 2.24) is 9.88 Å². The number of amides is 1. The molecule has 0 saturated heterocycles. The fourth-order valence-electron chi connectivity index (χ4n) is 2.81. The molecule has 0 fully saturated rings. The molecule has 0 spiro atoms. The van der Waals surface area contributed by atoms with Crippen molar-refractivity contribution in [2.75, 3.05) is 20.3 Å². The van der Waals surface area contributed by atoms with Crippen molar-refractivity contribution in [3.63, 3.8) is 0 Å². The summed E-state index contributed by atoms with van der Waals surface area (Å²) in [6, 6.07) is 15.5. The van der Waals surface area contributed by atoms with Crippen molar-refractivity contribution >= 4 is 17.2 Å². The molecule has 29 heavy (non-hydrogen) atoms. The van der Waals surface area contributed by atoms with Crippen LogP contribution >= 0.6 is 11.3 Å². The summed E-state index contributed by atoms with van der Waals surface area (Å²) in [5, 5.41) is 11.4. The molecule has 1 aromatic heterocycles. The second-order valence-corrected chi connectivity index (χ2v) is 7.31. The van der Waals surface area contributed by atoms with Crippen LogP contribution in [-0.2, 0) is 22.5 Å². The van der Waals surface area contributed by atoms with Gasteiger partial charge in [-0.25, -0.2) is 9.37 Å². The molecule has 0 atom stereocenters. The SMILES string of the molecule is COCCN(Cc1ccc(C#N)cc1)C(=O)Cc1csc(-c2cccc(F)c2)n1. The van der Waals surface area contributed by atoms with Crippen molar-refractivity contribution < 1.29 is 13.9 Å². The maximum Gasteiger partial charge on any atom is 0.228 e. The van der Waals surface area contributed by atoms with Crippen molar-refractivity contribution in [1.29, 1.82) is 5.26 Å². The van der Waals surface area contributed by atoms with Gasteiger partial charge in [0.05, 0.1) is 30.4 Å². The number of halogens is 1. The lowest BCUT2D eigenvalue weighted by molar-refractivity contribution is -0.131. The van der Waals surface area contributed by atoms with Crippen molar-refractivity contribution in [3.05, 3.63) is 76.5 Å². The lowest BCUT2D eigenvalue weighted by atomic mass is 10.1. The second kappa shape index (κ2) is 9.92. The van der Waals surface area contributed by atoms with Crippen LogP contribution in [-0.4, -0.2) is 36.1 Å². The van der Waals surface area contributed by atoms with E-state index in [0.29, 0.717) is 41.5 Å². The van der Waals surface area contributed by atoms with Crippen molar-refractivity contribution in [2.45, 2.75) is 13.0 Å². The quantitative estimate of drug-likeness (QED) is 0.563. The first-order chi connectivity index (χ1) is 14.1. The molecule has 0 bridgehead atoms. The molecule has 7 heteroatoms. The van der Waals surface area contributed by atoms with Crippen LogP contribution in [0.5, 0.6) is 0 Å². The minimum Gasteiger partial charge on any atom is -0.383 e. The van der Waals surface area contributed by atoms with Crippen LogP contribution in [0.1, 0.15) is 16.8 Å². The Bertz CT molecular complexity index is 1010. The zero-order valence-electron chi connectivity index (χ0n) is 16.0. The Kier molecular flexibility index (Phi) is 7.06. The van der Waals surface area contributed by atoms with Gasteiger partial charge in [-0.3, -0.25) is 4.79 Å². The maximum absolute atomic E-state index is 13.4. The summed E-state index contributed by atoms with van der Waals surface area (Å²) in [7, 11) is 1.59. The highest BCUT2D eigenvalue weighted by molar-refractivity contribution is 7.13. The second-order valence-electron chi connectivity index (χ2n) is 6.45. The van der Waals surface area contributed by atoms with E-state index in [9.17, 15) is 9.18 Å². The summed E-state index contributed by atoms with van der Waals surface area (Å²) < 4.78 is 18.6. The van der Waals surface area contributed by atoms with Gasteiger partial charge in [0.2, 0.25) is 5.91 Å². The van der Waals surface area contributed by atoms with Gasteiger partial charge in [-0.1, -0.05) is 24.3 Å². The van der Waals surface area contributed by atoms with Gasteiger partial charge in [-0.05, 0) is 29.8 Å². The maximum atomic E-state index is 13.4. The van der Waals surface area contributed by atoms with Crippen LogP contribution in [0, 0.1) is 17.1 Å². The summed E-state index contributed by atoms with van der Waals surface area (Å²) in [5.74, 6) is -0.383. The van der Waals surface area contributed by atoms with Gasteiger partial charge in [-0.2, -0.15) is 5.26 Å². The lowest BCUT2D eigenvalue weighted by Crippen LogP contribution is -2.34. The number of thiazole rings is 1. The molecule has 0 radical (unpaired) electrons. The number of hydrogen-bond acceptors (Lipinski definition) is 5. The number of rotatable bonds is 8. The first-order valence-corrected chi connectivity index (χ1v) is 9.93. The van der Waals surface area contributed by atoms with Gasteiger partial charge in [0.15, 0.2) is 0 Å². The first-order valence-electron chi connectivity index (χ1n) is 9.05. The average Bonchev–Trinajstić information content (AvgIpc) is 3.20. The van der Waals surface area contributed by atoms with Crippen LogP contribution < -0.4 is 0 Å². The summed E-state index contributed by atoms with van der Waals surface area (Å²) in [4.78, 5) is 19.1. The fraction of sp³-hybridized carbons (Fsp3) is 0.227. The van der Waals surface area contributed by atoms with E-state index < -0.39 is 0 Å². The summed E-state index contributed by atoms with van der Waals surface area (Å²) in [6.07, 6.45) is 0.159. The number of carbonyl (C=O) groups excluding carboxylic acids is 1. The largest absolute Gasteiger partial charge is 0.383 e. The summed E-state index contributed by atoms with van der Waals surface area (Å²) in [6.45, 7) is 1.30. The topological polar surface area (TPSA) is 66.2 Å². The van der Waals surface area contributed by atoms with Gasteiger partial charge in [0, 0.05) is 31.1 Å². The fourth-order valence-corrected chi connectivity index (χ4v) is 3.62. The minimum atomic E-state index is -0.316. The molecule has 0 aliphatic rings. The summed E-state index contributed by atoms with van der Waals surface area (Å²) >= 11 is 1.39. The number of ether oxygens (including phenoxy) is 1. The monoisotopic (exact) mass is 409 g/mol. The number of benzene rings is 2. The molecule has 3 aromatic rings. The lowest BCUT2D eigenvalue weighted by Gasteiger charge is -2.22. The normalized spacial score (nSPS) is 10.5. The number of aromatic nitrogens is 1. The molecule has 0 aliphatic carbocycles. The highest BCUT2D eigenvalue weighted by Gasteiger charge is 2.17. The van der Waals surface area contributed by atoms with E-state index in [1.807, 2.05) is 17.5 Å². The highest BCUT2D eigenvalue weighted by atomic mass is 32.1. The molecule has 5 nitrogen and oxygen atoms in total. The standard InChI is InChI=1S/C22H20FN3O2S/c1-28-10-9-26(14-17-7-5-16(13-24)6-8-17)21(27)12-20-15-29-22(25-20)18-3-2-4-19(23)11-18/h2-8,11,15H,9-10,12,14H2,1H3. The molecule has 3 rings (SSSR count). The van der Waals surface area contributed by atoms with Crippen LogP contribution in [0.4, 0.5) is 4.39 Å². The molecule has 0 aliphatic heterocycles. The Morgan fingerprint density at radius 1 is 1.28 bits per heavy atom. The van der Waals surface area contributed by atoms with E-state index in [-0.39, 0.29) is 18.1 Å². The predicted molar refractivity (Wildman–Crippen MR) is 110 cm³/mol. The van der Waals surface area contributed by atoms with Crippen LogP contribution in [0.25, 0.3) is 10.6 Å². The number of hydrogen-bond donors (Lipinski definition) is 0. The van der Waals surface area contributed by atoms with Crippen LogP contribution in [0.15, 0.2) is 53.9 Å². The Labute approximate surface area is 173 Å². The highest BCUT2D eigenvalue weighted by Crippen LogP contribution is 2.24. The molecule has 2 aromatic carbocycles. The van der Waals surface area contributed by atoms with E-state index >= 15 is 0 Å². The average molecular weight is 409 g/mol. The van der Waals surface area contributed by atoms with Gasteiger partial charge in [0.1, 0.15) is 10.8 Å². The number of nitriles is 1.